The van der Waals surface area contributed by atoms with Gasteiger partial charge in [-0.3, -0.25) is 0 Å². The summed E-state index contributed by atoms with van der Waals surface area (Å²) in [6.45, 7) is 2.42. The number of aliphatic hydroxyl groups is 1. The topological polar surface area (TPSA) is 77.4 Å². The van der Waals surface area contributed by atoms with Crippen molar-refractivity contribution < 1.29 is 47.6 Å². The van der Waals surface area contributed by atoms with Crippen LogP contribution in [-0.4, -0.2) is 29.9 Å². The number of aliphatic hydroxyl groups excluding tert-OH is 1. The molecule has 6 heteroatoms. The van der Waals surface area contributed by atoms with Gasteiger partial charge in [0.2, 0.25) is 0 Å². The predicted octanol–water partition coefficient (Wildman–Crippen LogP) is 2.55. The predicted molar refractivity (Wildman–Crippen MR) is 105 cm³/mol. The number of hydrogen-bond donors (Lipinski definition) is 1. The van der Waals surface area contributed by atoms with E-state index < -0.39 is 15.4 Å². The van der Waals surface area contributed by atoms with Gasteiger partial charge in [-0.15, -0.1) is 0 Å². The fourth-order valence-electron chi connectivity index (χ4n) is 3.31. The van der Waals surface area contributed by atoms with E-state index in [9.17, 15) is 13.0 Å². The first kappa shape index (κ1) is 29.1. The minimum atomic E-state index is -4.17. The van der Waals surface area contributed by atoms with Gasteiger partial charge in [-0.2, -0.15) is 0 Å². The molecule has 0 aromatic carbocycles. The fourth-order valence-corrected chi connectivity index (χ4v) is 4.22. The molecule has 26 heavy (non-hydrogen) atoms. The molecule has 1 N–H and O–H groups in total. The molecule has 0 aliphatic rings. The fraction of sp³-hybridized carbons (Fsp3) is 1.00. The summed E-state index contributed by atoms with van der Waals surface area (Å²) in [6, 6.07) is 0. The van der Waals surface area contributed by atoms with E-state index in [1.54, 1.807) is 0 Å². The molecular formula is C20H41NaO4S. The Morgan fingerprint density at radius 3 is 1.38 bits per heavy atom. The van der Waals surface area contributed by atoms with Crippen LogP contribution in [0.15, 0.2) is 0 Å². The van der Waals surface area contributed by atoms with Gasteiger partial charge in [0, 0.05) is 11.9 Å². The van der Waals surface area contributed by atoms with E-state index in [2.05, 4.69) is 6.92 Å². The van der Waals surface area contributed by atoms with Gasteiger partial charge >= 0.3 is 29.6 Å². The third-order valence-corrected chi connectivity index (χ3v) is 6.26. The van der Waals surface area contributed by atoms with Crippen LogP contribution < -0.4 is 29.6 Å². The Morgan fingerprint density at radius 2 is 1.04 bits per heavy atom. The molecule has 0 rings (SSSR count). The molecule has 0 heterocycles. The van der Waals surface area contributed by atoms with Crippen LogP contribution in [-0.2, 0) is 10.1 Å². The third kappa shape index (κ3) is 19.6. The van der Waals surface area contributed by atoms with E-state index >= 15 is 0 Å². The average Bonchev–Trinajstić information content (AvgIpc) is 2.56. The molecule has 0 radical (unpaired) electrons. The Kier molecular flexibility index (Phi) is 23.0. The monoisotopic (exact) mass is 400 g/mol. The number of rotatable bonds is 19. The maximum Gasteiger partial charge on any atom is 1.00 e. The standard InChI is InChI=1S/C20H42O4S.Na/c1-2-3-4-5-6-7-8-9-10-11-14-17-20(25(22,23)24)18-15-12-13-16-19-21;/h20-21H,2-19H2,1H3,(H,22,23,24);/q;+1/p-1. The van der Waals surface area contributed by atoms with E-state index in [0.717, 1.165) is 44.9 Å². The molecule has 0 aliphatic heterocycles. The molecule has 4 nitrogen and oxygen atoms in total. The van der Waals surface area contributed by atoms with Crippen LogP contribution in [0.1, 0.15) is 116 Å². The molecule has 1 atom stereocenters. The summed E-state index contributed by atoms with van der Waals surface area (Å²) in [5.41, 5.74) is 0. The van der Waals surface area contributed by atoms with Crippen molar-refractivity contribution in [3.05, 3.63) is 0 Å². The minimum Gasteiger partial charge on any atom is -0.748 e. The maximum atomic E-state index is 11.4. The quantitative estimate of drug-likeness (QED) is 0.205. The zero-order valence-electron chi connectivity index (χ0n) is 17.4. The number of hydrogen-bond acceptors (Lipinski definition) is 4. The van der Waals surface area contributed by atoms with Gasteiger partial charge in [-0.1, -0.05) is 96.8 Å². The van der Waals surface area contributed by atoms with E-state index in [1.807, 2.05) is 0 Å². The summed E-state index contributed by atoms with van der Waals surface area (Å²) < 4.78 is 34.1. The van der Waals surface area contributed by atoms with Gasteiger partial charge in [0.1, 0.15) is 0 Å². The Labute approximate surface area is 185 Å². The molecule has 0 bridgehead atoms. The van der Waals surface area contributed by atoms with E-state index in [-0.39, 0.29) is 36.2 Å². The van der Waals surface area contributed by atoms with Crippen LogP contribution >= 0.6 is 0 Å². The van der Waals surface area contributed by atoms with E-state index in [4.69, 9.17) is 5.11 Å². The molecule has 0 saturated heterocycles. The van der Waals surface area contributed by atoms with Crippen LogP contribution in [0.4, 0.5) is 0 Å². The Morgan fingerprint density at radius 1 is 0.692 bits per heavy atom. The molecule has 0 saturated carbocycles. The molecule has 0 aromatic rings. The molecule has 0 aromatic heterocycles. The summed E-state index contributed by atoms with van der Waals surface area (Å²) in [6.07, 6.45) is 17.9. The first-order chi connectivity index (χ1) is 12.0. The molecule has 0 amide bonds. The molecule has 1 unspecified atom stereocenters. The zero-order valence-corrected chi connectivity index (χ0v) is 20.2. The van der Waals surface area contributed by atoms with Gasteiger partial charge < -0.3 is 9.66 Å². The van der Waals surface area contributed by atoms with Crippen molar-refractivity contribution in [2.45, 2.75) is 121 Å². The largest absolute Gasteiger partial charge is 1.00 e. The summed E-state index contributed by atoms with van der Waals surface area (Å²) in [5.74, 6) is 0. The maximum absolute atomic E-state index is 11.4. The molecule has 0 fully saturated rings. The van der Waals surface area contributed by atoms with Crippen molar-refractivity contribution in [3.8, 4) is 0 Å². The molecule has 0 aliphatic carbocycles. The van der Waals surface area contributed by atoms with Gasteiger partial charge in [0.25, 0.3) is 0 Å². The summed E-state index contributed by atoms with van der Waals surface area (Å²) in [7, 11) is -4.17. The SMILES string of the molecule is CCCCCCCCCCCCCC(CCCCCCO)S(=O)(=O)[O-].[Na+]. The number of unbranched alkanes of at least 4 members (excludes halogenated alkanes) is 13. The summed E-state index contributed by atoms with van der Waals surface area (Å²) in [4.78, 5) is 0. The van der Waals surface area contributed by atoms with Crippen LogP contribution in [0, 0.1) is 0 Å². The van der Waals surface area contributed by atoms with Gasteiger partial charge in [-0.05, 0) is 19.3 Å². The Balaban J connectivity index is 0. The zero-order chi connectivity index (χ0) is 18.8. The Bertz CT molecular complexity index is 374. The second kappa shape index (κ2) is 20.6. The molecule has 0 spiro atoms. The average molecular weight is 401 g/mol. The van der Waals surface area contributed by atoms with Crippen molar-refractivity contribution in [2.75, 3.05) is 6.61 Å². The van der Waals surface area contributed by atoms with Crippen molar-refractivity contribution in [3.63, 3.8) is 0 Å². The van der Waals surface area contributed by atoms with E-state index in [1.165, 1.54) is 51.4 Å². The van der Waals surface area contributed by atoms with Crippen molar-refractivity contribution >= 4 is 10.1 Å². The normalized spacial score (nSPS) is 12.7. The molecule has 152 valence electrons. The van der Waals surface area contributed by atoms with Gasteiger partial charge in [0.15, 0.2) is 0 Å². The van der Waals surface area contributed by atoms with Gasteiger partial charge in [0.05, 0.1) is 10.1 Å². The van der Waals surface area contributed by atoms with Crippen LogP contribution in [0.5, 0.6) is 0 Å². The van der Waals surface area contributed by atoms with Crippen LogP contribution in [0.25, 0.3) is 0 Å². The summed E-state index contributed by atoms with van der Waals surface area (Å²) in [5, 5.41) is 8.02. The molecular weight excluding hydrogens is 359 g/mol. The van der Waals surface area contributed by atoms with Gasteiger partial charge in [-0.25, -0.2) is 8.42 Å². The van der Waals surface area contributed by atoms with Crippen LogP contribution in [0.3, 0.4) is 0 Å². The minimum absolute atomic E-state index is 0. The second-order valence-corrected chi connectivity index (χ2v) is 9.02. The van der Waals surface area contributed by atoms with Crippen molar-refractivity contribution in [2.24, 2.45) is 0 Å². The third-order valence-electron chi connectivity index (χ3n) is 4.97. The first-order valence-electron chi connectivity index (χ1n) is 10.6. The smallest absolute Gasteiger partial charge is 0.748 e. The van der Waals surface area contributed by atoms with Crippen molar-refractivity contribution in [1.82, 2.24) is 0 Å². The first-order valence-corrected chi connectivity index (χ1v) is 12.0. The second-order valence-electron chi connectivity index (χ2n) is 7.37. The van der Waals surface area contributed by atoms with Crippen LogP contribution in [0.2, 0.25) is 0 Å². The van der Waals surface area contributed by atoms with Crippen molar-refractivity contribution in [1.29, 1.82) is 0 Å². The Hall–Kier alpha value is 0.870. The van der Waals surface area contributed by atoms with E-state index in [0.29, 0.717) is 12.8 Å². The summed E-state index contributed by atoms with van der Waals surface area (Å²) >= 11 is 0.